The number of ether oxygens (including phenoxy) is 1. The lowest BCUT2D eigenvalue weighted by Crippen LogP contribution is -2.32. The van der Waals surface area contributed by atoms with Gasteiger partial charge < -0.3 is 4.74 Å². The Morgan fingerprint density at radius 1 is 0.913 bits per heavy atom. The van der Waals surface area contributed by atoms with E-state index in [1.807, 2.05) is 30.3 Å². The fourth-order valence-corrected chi connectivity index (χ4v) is 2.31. The average Bonchev–Trinajstić information content (AvgIpc) is 2.56. The number of carbonyl (C=O) groups is 3. The molecule has 1 atom stereocenters. The lowest BCUT2D eigenvalue weighted by atomic mass is 9.93. The summed E-state index contributed by atoms with van der Waals surface area (Å²) in [5, 5.41) is 0. The number of hydrogen-bond donors (Lipinski definition) is 0. The fourth-order valence-electron chi connectivity index (χ4n) is 2.31. The van der Waals surface area contributed by atoms with Crippen LogP contribution in [0.1, 0.15) is 24.2 Å². The molecule has 0 bridgehead atoms. The van der Waals surface area contributed by atoms with Crippen LogP contribution >= 0.6 is 0 Å². The summed E-state index contributed by atoms with van der Waals surface area (Å²) >= 11 is 0. The Balaban J connectivity index is 2.25. The number of ketones is 2. The first-order chi connectivity index (χ1) is 11.0. The van der Waals surface area contributed by atoms with E-state index in [0.29, 0.717) is 5.56 Å². The molecular weight excluding hydrogens is 292 g/mol. The molecule has 0 fully saturated rings. The molecule has 2 rings (SSSR count). The van der Waals surface area contributed by atoms with Crippen molar-refractivity contribution in [2.45, 2.75) is 13.8 Å². The average molecular weight is 310 g/mol. The van der Waals surface area contributed by atoms with E-state index < -0.39 is 23.5 Å². The summed E-state index contributed by atoms with van der Waals surface area (Å²) in [5.74, 6) is -3.23. The molecule has 4 heteroatoms. The van der Waals surface area contributed by atoms with Gasteiger partial charge in [-0.15, -0.1) is 0 Å². The first kappa shape index (κ1) is 16.6. The summed E-state index contributed by atoms with van der Waals surface area (Å²) in [5.41, 5.74) is 2.30. The van der Waals surface area contributed by atoms with E-state index in [0.717, 1.165) is 11.1 Å². The maximum Gasteiger partial charge on any atom is 0.324 e. The van der Waals surface area contributed by atoms with Gasteiger partial charge in [-0.1, -0.05) is 54.6 Å². The molecule has 0 saturated carbocycles. The van der Waals surface area contributed by atoms with Gasteiger partial charge in [-0.2, -0.15) is 0 Å². The molecule has 1 unspecified atom stereocenters. The van der Waals surface area contributed by atoms with E-state index in [1.165, 1.54) is 6.92 Å². The van der Waals surface area contributed by atoms with Crippen molar-refractivity contribution in [2.24, 2.45) is 5.92 Å². The van der Waals surface area contributed by atoms with Gasteiger partial charge in [-0.3, -0.25) is 14.4 Å². The van der Waals surface area contributed by atoms with Crippen LogP contribution in [-0.4, -0.2) is 24.1 Å². The first-order valence-electron chi connectivity index (χ1n) is 7.41. The number of Topliss-reactive ketones (excluding diaryl/α,β-unsaturated/α-hetero) is 2. The summed E-state index contributed by atoms with van der Waals surface area (Å²) in [4.78, 5) is 35.9. The predicted octanol–water partition coefficient (Wildman–Crippen LogP) is 3.30. The summed E-state index contributed by atoms with van der Waals surface area (Å²) in [6.45, 7) is 2.98. The minimum absolute atomic E-state index is 0.128. The number of esters is 1. The van der Waals surface area contributed by atoms with Crippen LogP contribution in [0.15, 0.2) is 54.6 Å². The van der Waals surface area contributed by atoms with Gasteiger partial charge in [-0.05, 0) is 25.0 Å². The monoisotopic (exact) mass is 310 g/mol. The molecule has 0 radical (unpaired) electrons. The molecule has 0 aliphatic rings. The Hall–Kier alpha value is -2.75. The highest BCUT2D eigenvalue weighted by Gasteiger charge is 2.33. The largest absolute Gasteiger partial charge is 0.465 e. The quantitative estimate of drug-likeness (QED) is 0.466. The molecule has 23 heavy (non-hydrogen) atoms. The van der Waals surface area contributed by atoms with Crippen LogP contribution in [-0.2, 0) is 14.3 Å². The second kappa shape index (κ2) is 7.49. The predicted molar refractivity (Wildman–Crippen MR) is 87.0 cm³/mol. The second-order valence-electron chi connectivity index (χ2n) is 5.10. The van der Waals surface area contributed by atoms with Gasteiger partial charge in [-0.25, -0.2) is 0 Å². The van der Waals surface area contributed by atoms with Crippen LogP contribution in [0.3, 0.4) is 0 Å². The summed E-state index contributed by atoms with van der Waals surface area (Å²) in [6, 6.07) is 16.6. The summed E-state index contributed by atoms with van der Waals surface area (Å²) in [7, 11) is 0. The van der Waals surface area contributed by atoms with Crippen molar-refractivity contribution < 1.29 is 19.1 Å². The van der Waals surface area contributed by atoms with Gasteiger partial charge in [0.2, 0.25) is 0 Å². The Labute approximate surface area is 135 Å². The third kappa shape index (κ3) is 3.92. The molecular formula is C19H18O4. The van der Waals surface area contributed by atoms with E-state index in [2.05, 4.69) is 0 Å². The molecule has 0 N–H and O–H groups in total. The van der Waals surface area contributed by atoms with Crippen LogP contribution in [0, 0.1) is 5.92 Å². The molecule has 0 aliphatic heterocycles. The van der Waals surface area contributed by atoms with Gasteiger partial charge in [0.25, 0.3) is 0 Å². The van der Waals surface area contributed by atoms with E-state index in [4.69, 9.17) is 4.74 Å². The Bertz CT molecular complexity index is 702. The van der Waals surface area contributed by atoms with Crippen LogP contribution in [0.2, 0.25) is 0 Å². The molecule has 2 aromatic rings. The van der Waals surface area contributed by atoms with E-state index >= 15 is 0 Å². The fraction of sp³-hybridized carbons (Fsp3) is 0.211. The normalized spacial score (nSPS) is 11.6. The highest BCUT2D eigenvalue weighted by Crippen LogP contribution is 2.21. The zero-order valence-corrected chi connectivity index (χ0v) is 13.1. The van der Waals surface area contributed by atoms with E-state index in [-0.39, 0.29) is 6.61 Å². The van der Waals surface area contributed by atoms with E-state index in [9.17, 15) is 14.4 Å². The molecule has 0 amide bonds. The van der Waals surface area contributed by atoms with Gasteiger partial charge in [0, 0.05) is 5.56 Å². The van der Waals surface area contributed by atoms with Crippen molar-refractivity contribution in [1.82, 2.24) is 0 Å². The second-order valence-corrected chi connectivity index (χ2v) is 5.10. The maximum absolute atomic E-state index is 12.4. The standard InChI is InChI=1S/C19H18O4/c1-3-23-19(22)17(13(2)20)18(21)16-11-9-15(10-12-16)14-7-5-4-6-8-14/h4-12,17H,3H2,1-2H3. The van der Waals surface area contributed by atoms with E-state index in [1.54, 1.807) is 31.2 Å². The van der Waals surface area contributed by atoms with Gasteiger partial charge in [0.1, 0.15) is 0 Å². The molecule has 4 nitrogen and oxygen atoms in total. The summed E-state index contributed by atoms with van der Waals surface area (Å²) in [6.07, 6.45) is 0. The lowest BCUT2D eigenvalue weighted by Gasteiger charge is -2.12. The van der Waals surface area contributed by atoms with Crippen molar-refractivity contribution in [3.63, 3.8) is 0 Å². The van der Waals surface area contributed by atoms with Crippen molar-refractivity contribution in [1.29, 1.82) is 0 Å². The highest BCUT2D eigenvalue weighted by molar-refractivity contribution is 6.22. The molecule has 0 saturated heterocycles. The van der Waals surface area contributed by atoms with Crippen LogP contribution in [0.4, 0.5) is 0 Å². The Kier molecular flexibility index (Phi) is 5.41. The van der Waals surface area contributed by atoms with Gasteiger partial charge in [0.15, 0.2) is 17.5 Å². The molecule has 0 heterocycles. The number of benzene rings is 2. The lowest BCUT2D eigenvalue weighted by molar-refractivity contribution is -0.148. The molecule has 2 aromatic carbocycles. The van der Waals surface area contributed by atoms with Crippen molar-refractivity contribution >= 4 is 17.5 Å². The number of carbonyl (C=O) groups excluding carboxylic acids is 3. The smallest absolute Gasteiger partial charge is 0.324 e. The minimum atomic E-state index is -1.39. The first-order valence-corrected chi connectivity index (χ1v) is 7.41. The van der Waals surface area contributed by atoms with Crippen LogP contribution in [0.25, 0.3) is 11.1 Å². The Morgan fingerprint density at radius 3 is 2.00 bits per heavy atom. The zero-order chi connectivity index (χ0) is 16.8. The van der Waals surface area contributed by atoms with Gasteiger partial charge in [0.05, 0.1) is 6.61 Å². The molecule has 118 valence electrons. The van der Waals surface area contributed by atoms with Gasteiger partial charge >= 0.3 is 5.97 Å². The van der Waals surface area contributed by atoms with Crippen molar-refractivity contribution in [3.05, 3.63) is 60.2 Å². The highest BCUT2D eigenvalue weighted by atomic mass is 16.5. The topological polar surface area (TPSA) is 60.4 Å². The van der Waals surface area contributed by atoms with Crippen molar-refractivity contribution in [3.8, 4) is 11.1 Å². The molecule has 0 aliphatic carbocycles. The van der Waals surface area contributed by atoms with Crippen molar-refractivity contribution in [2.75, 3.05) is 6.61 Å². The summed E-state index contributed by atoms with van der Waals surface area (Å²) < 4.78 is 4.82. The zero-order valence-electron chi connectivity index (χ0n) is 13.1. The maximum atomic E-state index is 12.4. The van der Waals surface area contributed by atoms with Crippen LogP contribution in [0.5, 0.6) is 0 Å². The Morgan fingerprint density at radius 2 is 1.48 bits per heavy atom. The van der Waals surface area contributed by atoms with Crippen LogP contribution < -0.4 is 0 Å². The number of rotatable bonds is 6. The SMILES string of the molecule is CCOC(=O)C(C(C)=O)C(=O)c1ccc(-c2ccccc2)cc1. The number of hydrogen-bond acceptors (Lipinski definition) is 4. The third-order valence-corrected chi connectivity index (χ3v) is 3.47. The minimum Gasteiger partial charge on any atom is -0.465 e. The molecule has 0 aromatic heterocycles. The molecule has 0 spiro atoms. The third-order valence-electron chi connectivity index (χ3n) is 3.47.